The third-order valence-electron chi connectivity index (χ3n) is 7.56. The molecular formula is C25H27F2N5O. The predicted molar refractivity (Wildman–Crippen MR) is 118 cm³/mol. The van der Waals surface area contributed by atoms with Crippen LogP contribution in [0.25, 0.3) is 0 Å². The summed E-state index contributed by atoms with van der Waals surface area (Å²) in [7, 11) is 0. The van der Waals surface area contributed by atoms with E-state index in [1.165, 1.54) is 17.1 Å². The van der Waals surface area contributed by atoms with Gasteiger partial charge in [0.25, 0.3) is 0 Å². The molecule has 3 saturated carbocycles. The Bertz CT molecular complexity index is 1090. The van der Waals surface area contributed by atoms with E-state index in [1.54, 1.807) is 23.2 Å². The van der Waals surface area contributed by atoms with E-state index in [-0.39, 0.29) is 16.7 Å². The molecule has 4 aliphatic rings. The highest BCUT2D eigenvalue weighted by molar-refractivity contribution is 5.88. The Balaban J connectivity index is 1.07. The lowest BCUT2D eigenvalue weighted by Gasteiger charge is -2.70. The Labute approximate surface area is 191 Å². The summed E-state index contributed by atoms with van der Waals surface area (Å²) in [6, 6.07) is 6.87. The van der Waals surface area contributed by atoms with Crippen LogP contribution in [0.1, 0.15) is 75.1 Å². The van der Waals surface area contributed by atoms with Gasteiger partial charge in [-0.05, 0) is 61.3 Å². The number of unbranched alkanes of at least 4 members (excludes halogenated alkanes) is 3. The molecule has 1 atom stereocenters. The molecule has 2 aromatic rings. The molecule has 1 amide bonds. The minimum atomic E-state index is -0.635. The van der Waals surface area contributed by atoms with Gasteiger partial charge in [-0.2, -0.15) is 15.5 Å². The van der Waals surface area contributed by atoms with Crippen LogP contribution in [0.3, 0.4) is 0 Å². The lowest BCUT2D eigenvalue weighted by molar-refractivity contribution is -0.220. The lowest BCUT2D eigenvalue weighted by Crippen LogP contribution is -2.67. The van der Waals surface area contributed by atoms with Crippen molar-refractivity contribution in [2.45, 2.75) is 70.4 Å². The highest BCUT2D eigenvalue weighted by atomic mass is 19.1. The third kappa shape index (κ3) is 3.94. The quantitative estimate of drug-likeness (QED) is 0.497. The van der Waals surface area contributed by atoms with Crippen LogP contribution in [-0.4, -0.2) is 26.9 Å². The van der Waals surface area contributed by atoms with Crippen molar-refractivity contribution in [2.75, 3.05) is 0 Å². The molecule has 2 heterocycles. The average molecular weight is 452 g/mol. The van der Waals surface area contributed by atoms with E-state index in [0.717, 1.165) is 64.0 Å². The molecule has 1 unspecified atom stereocenters. The van der Waals surface area contributed by atoms with Gasteiger partial charge in [-0.25, -0.2) is 13.8 Å². The summed E-state index contributed by atoms with van der Waals surface area (Å²) >= 11 is 0. The van der Waals surface area contributed by atoms with Crippen molar-refractivity contribution in [1.82, 2.24) is 14.8 Å². The predicted octanol–water partition coefficient (Wildman–Crippen LogP) is 5.11. The molecule has 0 saturated heterocycles. The Hall–Kier alpha value is -3.08. The van der Waals surface area contributed by atoms with E-state index in [4.69, 9.17) is 5.26 Å². The van der Waals surface area contributed by atoms with Crippen LogP contribution in [0.5, 0.6) is 0 Å². The molecular weight excluding hydrogens is 424 g/mol. The smallest absolute Gasteiger partial charge is 0.249 e. The van der Waals surface area contributed by atoms with Gasteiger partial charge < -0.3 is 0 Å². The zero-order valence-electron chi connectivity index (χ0n) is 18.5. The monoisotopic (exact) mass is 451 g/mol. The second-order valence-electron chi connectivity index (χ2n) is 9.93. The van der Waals surface area contributed by atoms with Crippen molar-refractivity contribution < 1.29 is 13.6 Å². The summed E-state index contributed by atoms with van der Waals surface area (Å²) in [6.07, 6.45) is 12.0. The summed E-state index contributed by atoms with van der Waals surface area (Å²) in [5.41, 5.74) is 1.01. The fourth-order valence-electron chi connectivity index (χ4n) is 6.11. The highest BCUT2D eigenvalue weighted by Gasteiger charge is 2.71. The van der Waals surface area contributed by atoms with Gasteiger partial charge in [-0.1, -0.05) is 19.3 Å². The van der Waals surface area contributed by atoms with Crippen molar-refractivity contribution in [3.8, 4) is 6.07 Å². The van der Waals surface area contributed by atoms with Crippen LogP contribution < -0.4 is 0 Å². The molecule has 0 spiro atoms. The normalized spacial score (nSPS) is 27.2. The molecule has 6 nitrogen and oxygen atoms in total. The Kier molecular flexibility index (Phi) is 5.51. The maximum Gasteiger partial charge on any atom is 0.249 e. The second kappa shape index (κ2) is 8.36. The average Bonchev–Trinajstić information content (AvgIpc) is 3.39. The number of hydrogen-bond donors (Lipinski definition) is 0. The first-order valence-corrected chi connectivity index (χ1v) is 11.7. The summed E-state index contributed by atoms with van der Waals surface area (Å²) in [6.45, 7) is 0.769. The van der Waals surface area contributed by atoms with Crippen molar-refractivity contribution >= 4 is 12.1 Å². The first kappa shape index (κ1) is 21.7. The van der Waals surface area contributed by atoms with Gasteiger partial charge in [0.2, 0.25) is 5.91 Å². The molecule has 1 aliphatic heterocycles. The summed E-state index contributed by atoms with van der Waals surface area (Å²) in [4.78, 5) is 13.3. The van der Waals surface area contributed by atoms with Crippen LogP contribution in [0.4, 0.5) is 8.78 Å². The second-order valence-corrected chi connectivity index (χ2v) is 9.93. The van der Waals surface area contributed by atoms with Gasteiger partial charge in [-0.3, -0.25) is 9.48 Å². The maximum atomic E-state index is 13.7. The molecule has 0 N–H and O–H groups in total. The zero-order valence-corrected chi connectivity index (χ0v) is 18.5. The van der Waals surface area contributed by atoms with E-state index in [0.29, 0.717) is 17.7 Å². The topological polar surface area (TPSA) is 74.3 Å². The Morgan fingerprint density at radius 1 is 1.12 bits per heavy atom. The summed E-state index contributed by atoms with van der Waals surface area (Å²) < 4.78 is 29.1. The number of hydrazone groups is 1. The maximum absolute atomic E-state index is 13.7. The van der Waals surface area contributed by atoms with Crippen molar-refractivity contribution in [3.05, 3.63) is 53.4 Å². The van der Waals surface area contributed by atoms with Crippen molar-refractivity contribution in [2.24, 2.45) is 15.9 Å². The number of halogens is 2. The number of nitriles is 1. The van der Waals surface area contributed by atoms with Crippen LogP contribution >= 0.6 is 0 Å². The molecule has 1 aromatic heterocycles. The molecule has 3 aliphatic carbocycles. The minimum absolute atomic E-state index is 0.000291. The molecule has 172 valence electrons. The van der Waals surface area contributed by atoms with Crippen molar-refractivity contribution in [3.63, 3.8) is 0 Å². The van der Waals surface area contributed by atoms with Crippen LogP contribution in [-0.2, 0) is 11.3 Å². The fraction of sp³-hybridized carbons (Fsp3) is 0.520. The first-order chi connectivity index (χ1) is 15.9. The zero-order chi connectivity index (χ0) is 23.1. The van der Waals surface area contributed by atoms with Crippen LogP contribution in [0.2, 0.25) is 0 Å². The third-order valence-corrected chi connectivity index (χ3v) is 7.56. The van der Waals surface area contributed by atoms with Gasteiger partial charge in [-0.15, -0.1) is 0 Å². The van der Waals surface area contributed by atoms with Gasteiger partial charge in [0.1, 0.15) is 23.4 Å². The van der Waals surface area contributed by atoms with E-state index < -0.39 is 17.7 Å². The number of amides is 1. The summed E-state index contributed by atoms with van der Waals surface area (Å²) in [5.74, 6) is -1.27. The number of hydrogen-bond acceptors (Lipinski definition) is 4. The molecule has 2 bridgehead atoms. The summed E-state index contributed by atoms with van der Waals surface area (Å²) in [5, 5.41) is 18.9. The number of rotatable bonds is 9. The molecule has 3 fully saturated rings. The SMILES string of the molecule is N#Cc1ccnn1CCCCCCC12CC(C(=O)N3N=CCC3c3cc(F)cc(F)c3)(C1)C2. The van der Waals surface area contributed by atoms with Gasteiger partial charge in [0.05, 0.1) is 17.7 Å². The van der Waals surface area contributed by atoms with Crippen molar-refractivity contribution in [1.29, 1.82) is 5.26 Å². The highest BCUT2D eigenvalue weighted by Crippen LogP contribution is 2.76. The van der Waals surface area contributed by atoms with E-state index in [2.05, 4.69) is 16.3 Å². The number of nitrogens with zero attached hydrogens (tertiary/aromatic N) is 5. The molecule has 6 rings (SSSR count). The van der Waals surface area contributed by atoms with E-state index in [1.807, 2.05) is 0 Å². The van der Waals surface area contributed by atoms with E-state index >= 15 is 0 Å². The Morgan fingerprint density at radius 3 is 2.58 bits per heavy atom. The first-order valence-electron chi connectivity index (χ1n) is 11.7. The van der Waals surface area contributed by atoms with Gasteiger partial charge >= 0.3 is 0 Å². The largest absolute Gasteiger partial charge is 0.272 e. The van der Waals surface area contributed by atoms with Gasteiger partial charge in [0.15, 0.2) is 0 Å². The van der Waals surface area contributed by atoms with Crippen LogP contribution in [0.15, 0.2) is 35.6 Å². The molecule has 33 heavy (non-hydrogen) atoms. The van der Waals surface area contributed by atoms with Crippen LogP contribution in [0, 0.1) is 33.8 Å². The van der Waals surface area contributed by atoms with E-state index in [9.17, 15) is 13.6 Å². The number of carbonyl (C=O) groups excluding carboxylic acids is 1. The van der Waals surface area contributed by atoms with Gasteiger partial charge in [0, 0.05) is 25.2 Å². The molecule has 8 heteroatoms. The number of aryl methyl sites for hydroxylation is 1. The standard InChI is InChI=1S/C25H27F2N5O/c26-19-11-18(12-20(27)13-19)22-6-9-30-32(22)23(33)25-15-24(16-25,17-25)7-3-1-2-4-10-31-21(14-28)5-8-29-31/h5,8-9,11-13,22H,1-4,6-7,10,15-17H2. The fourth-order valence-corrected chi connectivity index (χ4v) is 6.11. The minimum Gasteiger partial charge on any atom is -0.272 e. The Morgan fingerprint density at radius 2 is 1.85 bits per heavy atom. The molecule has 1 aromatic carbocycles. The lowest BCUT2D eigenvalue weighted by atomic mass is 9.33. The number of benzene rings is 1. The number of carbonyl (C=O) groups is 1. The molecule has 0 radical (unpaired) electrons. The number of aromatic nitrogens is 2.